The SMILES string of the molecule is [NH]S(=O)(=O)c1ccccn1. The third-order valence-electron chi connectivity index (χ3n) is 0.913. The van der Waals surface area contributed by atoms with Crippen LogP contribution in [-0.2, 0) is 10.0 Å². The van der Waals surface area contributed by atoms with Crippen LogP contribution in [0.2, 0.25) is 0 Å². The van der Waals surface area contributed by atoms with Gasteiger partial charge in [-0.05, 0) is 12.1 Å². The molecule has 10 heavy (non-hydrogen) atoms. The maximum atomic E-state index is 10.4. The number of nitrogens with zero attached hydrogens (tertiary/aromatic N) is 1. The minimum atomic E-state index is -3.86. The summed E-state index contributed by atoms with van der Waals surface area (Å²) < 4.78 is 20.9. The molecule has 1 N–H and O–H groups in total. The van der Waals surface area contributed by atoms with Crippen LogP contribution in [0.1, 0.15) is 0 Å². The Morgan fingerprint density at radius 3 is 2.40 bits per heavy atom. The van der Waals surface area contributed by atoms with Gasteiger partial charge >= 0.3 is 0 Å². The summed E-state index contributed by atoms with van der Waals surface area (Å²) in [6, 6.07) is 4.39. The molecule has 0 aliphatic heterocycles. The molecule has 0 saturated carbocycles. The third kappa shape index (κ3) is 1.52. The van der Waals surface area contributed by atoms with Gasteiger partial charge in [0.2, 0.25) is 0 Å². The van der Waals surface area contributed by atoms with Crippen molar-refractivity contribution in [3.63, 3.8) is 0 Å². The van der Waals surface area contributed by atoms with E-state index < -0.39 is 10.0 Å². The zero-order valence-corrected chi connectivity index (χ0v) is 5.80. The molecule has 0 spiro atoms. The van der Waals surface area contributed by atoms with E-state index >= 15 is 0 Å². The number of sulfonamides is 1. The number of hydrogen-bond acceptors (Lipinski definition) is 3. The van der Waals surface area contributed by atoms with Gasteiger partial charge in [-0.25, -0.2) is 13.4 Å². The Labute approximate surface area is 58.8 Å². The molecule has 0 aliphatic rings. The largest absolute Gasteiger partial charge is 0.271 e. The van der Waals surface area contributed by atoms with Crippen molar-refractivity contribution in [3.05, 3.63) is 24.4 Å². The fourth-order valence-electron chi connectivity index (χ4n) is 0.506. The standard InChI is InChI=1S/C5H5N2O2S/c6-10(8,9)5-3-1-2-4-7-5/h1-4,6H. The predicted octanol–water partition coefficient (Wildman–Crippen LogP) is 0.0532. The summed E-state index contributed by atoms with van der Waals surface area (Å²) in [6.07, 6.45) is 1.33. The first-order valence-corrected chi connectivity index (χ1v) is 4.00. The summed E-state index contributed by atoms with van der Waals surface area (Å²) in [5, 5.41) is 6.37. The van der Waals surface area contributed by atoms with Crippen molar-refractivity contribution in [1.82, 2.24) is 10.1 Å². The molecule has 0 atom stereocenters. The first kappa shape index (κ1) is 7.17. The van der Waals surface area contributed by atoms with Crippen molar-refractivity contribution >= 4 is 10.0 Å². The Bertz CT molecular complexity index is 306. The van der Waals surface area contributed by atoms with Gasteiger partial charge in [0.25, 0.3) is 10.0 Å². The van der Waals surface area contributed by atoms with Gasteiger partial charge < -0.3 is 0 Å². The van der Waals surface area contributed by atoms with Crippen LogP contribution in [-0.4, -0.2) is 13.4 Å². The van der Waals surface area contributed by atoms with E-state index in [-0.39, 0.29) is 5.03 Å². The van der Waals surface area contributed by atoms with Gasteiger partial charge in [-0.3, -0.25) is 0 Å². The Balaban J connectivity index is 3.22. The molecule has 0 unspecified atom stereocenters. The molecular weight excluding hydrogens is 152 g/mol. The van der Waals surface area contributed by atoms with E-state index in [1.54, 1.807) is 6.07 Å². The second kappa shape index (κ2) is 2.36. The highest BCUT2D eigenvalue weighted by atomic mass is 32.2. The van der Waals surface area contributed by atoms with Crippen LogP contribution < -0.4 is 5.14 Å². The average Bonchev–Trinajstić information content (AvgIpc) is 1.88. The molecule has 1 heterocycles. The number of nitrogens with one attached hydrogen (secondary N) is 1. The van der Waals surface area contributed by atoms with E-state index in [0.29, 0.717) is 0 Å². The zero-order chi connectivity index (χ0) is 7.61. The van der Waals surface area contributed by atoms with E-state index in [9.17, 15) is 8.42 Å². The average molecular weight is 157 g/mol. The maximum absolute atomic E-state index is 10.4. The Hall–Kier alpha value is -0.940. The van der Waals surface area contributed by atoms with Crippen molar-refractivity contribution in [2.75, 3.05) is 0 Å². The molecule has 0 saturated heterocycles. The lowest BCUT2D eigenvalue weighted by Crippen LogP contribution is -2.02. The van der Waals surface area contributed by atoms with Crippen LogP contribution in [0.3, 0.4) is 0 Å². The zero-order valence-electron chi connectivity index (χ0n) is 4.98. The highest BCUT2D eigenvalue weighted by molar-refractivity contribution is 7.88. The van der Waals surface area contributed by atoms with Crippen molar-refractivity contribution in [3.8, 4) is 0 Å². The monoisotopic (exact) mass is 157 g/mol. The van der Waals surface area contributed by atoms with Crippen LogP contribution in [0, 0.1) is 0 Å². The maximum Gasteiger partial charge on any atom is 0.271 e. The van der Waals surface area contributed by atoms with E-state index in [4.69, 9.17) is 5.14 Å². The second-order valence-corrected chi connectivity index (χ2v) is 3.10. The van der Waals surface area contributed by atoms with Crippen LogP contribution in [0.4, 0.5) is 0 Å². The lowest BCUT2D eigenvalue weighted by atomic mass is 10.5. The van der Waals surface area contributed by atoms with Gasteiger partial charge in [-0.2, -0.15) is 0 Å². The predicted molar refractivity (Wildman–Crippen MR) is 34.5 cm³/mol. The molecule has 4 nitrogen and oxygen atoms in total. The molecule has 0 aromatic carbocycles. The molecule has 1 aromatic rings. The molecule has 1 aromatic heterocycles. The first-order chi connectivity index (χ1) is 4.61. The number of rotatable bonds is 1. The lowest BCUT2D eigenvalue weighted by molar-refractivity contribution is 0.592. The van der Waals surface area contributed by atoms with Gasteiger partial charge in [0.15, 0.2) is 5.03 Å². The smallest absolute Gasteiger partial charge is 0.243 e. The fourth-order valence-corrected chi connectivity index (χ4v) is 0.963. The minimum absolute atomic E-state index is 0.213. The molecule has 0 fully saturated rings. The van der Waals surface area contributed by atoms with Crippen LogP contribution in [0.15, 0.2) is 29.4 Å². The highest BCUT2D eigenvalue weighted by Crippen LogP contribution is 1.99. The molecule has 0 aliphatic carbocycles. The quantitative estimate of drug-likeness (QED) is 0.578. The van der Waals surface area contributed by atoms with Gasteiger partial charge in [-0.15, -0.1) is 5.14 Å². The summed E-state index contributed by atoms with van der Waals surface area (Å²) in [6.45, 7) is 0. The fraction of sp³-hybridized carbons (Fsp3) is 0. The molecular formula is C5H5N2O2S. The number of aromatic nitrogens is 1. The van der Waals surface area contributed by atoms with Crippen molar-refractivity contribution in [2.24, 2.45) is 0 Å². The van der Waals surface area contributed by atoms with E-state index in [2.05, 4.69) is 4.98 Å². The second-order valence-electron chi connectivity index (χ2n) is 1.67. The number of pyridine rings is 1. The van der Waals surface area contributed by atoms with E-state index in [1.807, 2.05) is 0 Å². The molecule has 0 bridgehead atoms. The molecule has 0 amide bonds. The highest BCUT2D eigenvalue weighted by Gasteiger charge is 2.07. The van der Waals surface area contributed by atoms with Crippen molar-refractivity contribution in [1.29, 1.82) is 0 Å². The third-order valence-corrected chi connectivity index (χ3v) is 1.71. The molecule has 1 radical (unpaired) electrons. The summed E-state index contributed by atoms with van der Waals surface area (Å²) in [5.41, 5.74) is 0. The van der Waals surface area contributed by atoms with Crippen LogP contribution >= 0.6 is 0 Å². The molecule has 53 valence electrons. The summed E-state index contributed by atoms with van der Waals surface area (Å²) in [4.78, 5) is 3.47. The topological polar surface area (TPSA) is 70.8 Å². The van der Waals surface area contributed by atoms with Gasteiger partial charge in [0, 0.05) is 6.20 Å². The van der Waals surface area contributed by atoms with Crippen molar-refractivity contribution in [2.45, 2.75) is 5.03 Å². The Morgan fingerprint density at radius 1 is 1.40 bits per heavy atom. The summed E-state index contributed by atoms with van der Waals surface area (Å²) in [7, 11) is -3.86. The molecule has 5 heteroatoms. The van der Waals surface area contributed by atoms with Crippen LogP contribution in [0.25, 0.3) is 0 Å². The van der Waals surface area contributed by atoms with Crippen molar-refractivity contribution < 1.29 is 8.42 Å². The Morgan fingerprint density at radius 2 is 2.10 bits per heavy atom. The first-order valence-electron chi connectivity index (χ1n) is 2.51. The number of hydrogen-bond donors (Lipinski definition) is 0. The van der Waals surface area contributed by atoms with Gasteiger partial charge in [0.1, 0.15) is 0 Å². The Kier molecular flexibility index (Phi) is 1.69. The summed E-state index contributed by atoms with van der Waals surface area (Å²) >= 11 is 0. The summed E-state index contributed by atoms with van der Waals surface area (Å²) in [5.74, 6) is 0. The minimum Gasteiger partial charge on any atom is -0.243 e. The van der Waals surface area contributed by atoms with E-state index in [1.165, 1.54) is 18.3 Å². The van der Waals surface area contributed by atoms with Gasteiger partial charge in [-0.1, -0.05) is 6.07 Å². The molecule has 1 rings (SSSR count). The lowest BCUT2D eigenvalue weighted by Gasteiger charge is -1.91. The van der Waals surface area contributed by atoms with Gasteiger partial charge in [0.05, 0.1) is 0 Å². The van der Waals surface area contributed by atoms with Crippen LogP contribution in [0.5, 0.6) is 0 Å². The normalized spacial score (nSPS) is 11.3. The van der Waals surface area contributed by atoms with E-state index in [0.717, 1.165) is 0 Å².